The van der Waals surface area contributed by atoms with E-state index in [0.717, 1.165) is 0 Å². The zero-order valence-corrected chi connectivity index (χ0v) is 10.7. The topological polar surface area (TPSA) is 46.5 Å². The average molecular weight is 273 g/mol. The van der Waals surface area contributed by atoms with Crippen molar-refractivity contribution in [2.24, 2.45) is 5.41 Å². The predicted octanol–water partition coefficient (Wildman–Crippen LogP) is 2.90. The molecule has 1 aliphatic rings. The molecule has 0 bridgehead atoms. The van der Waals surface area contributed by atoms with Gasteiger partial charge >= 0.3 is 5.97 Å². The minimum atomic E-state index is -0.972. The number of hydrogen-bond acceptors (Lipinski definition) is 2. The summed E-state index contributed by atoms with van der Waals surface area (Å²) in [6, 6.07) is 4.39. The first-order chi connectivity index (χ1) is 8.45. The van der Waals surface area contributed by atoms with Crippen LogP contribution in [0, 0.1) is 11.2 Å². The van der Waals surface area contributed by atoms with E-state index in [4.69, 9.17) is 16.3 Å². The van der Waals surface area contributed by atoms with Gasteiger partial charge in [0.1, 0.15) is 5.82 Å². The number of aliphatic carboxylic acids is 1. The summed E-state index contributed by atoms with van der Waals surface area (Å²) in [5.41, 5.74) is -0.350. The maximum Gasteiger partial charge on any atom is 0.312 e. The molecule has 0 radical (unpaired) electrons. The number of ether oxygens (including phenoxy) is 1. The smallest absolute Gasteiger partial charge is 0.312 e. The maximum absolute atomic E-state index is 13.4. The second kappa shape index (κ2) is 4.86. The third kappa shape index (κ3) is 2.22. The van der Waals surface area contributed by atoms with E-state index in [2.05, 4.69) is 0 Å². The van der Waals surface area contributed by atoms with Gasteiger partial charge in [-0.05, 0) is 37.5 Å². The largest absolute Gasteiger partial charge is 0.481 e. The highest BCUT2D eigenvalue weighted by atomic mass is 35.5. The fourth-order valence-corrected chi connectivity index (χ4v) is 2.50. The van der Waals surface area contributed by atoms with Gasteiger partial charge in [0.15, 0.2) is 0 Å². The van der Waals surface area contributed by atoms with Crippen LogP contribution in [-0.4, -0.2) is 23.8 Å². The lowest BCUT2D eigenvalue weighted by Crippen LogP contribution is -2.39. The summed E-state index contributed by atoms with van der Waals surface area (Å²) >= 11 is 5.61. The minimum absolute atomic E-state index is 0.0406. The lowest BCUT2D eigenvalue weighted by atomic mass is 9.76. The molecule has 0 aromatic heterocycles. The Morgan fingerprint density at radius 2 is 2.39 bits per heavy atom. The van der Waals surface area contributed by atoms with Crippen LogP contribution in [0.1, 0.15) is 18.9 Å². The molecule has 1 aromatic rings. The number of carbonyl (C=O) groups is 1. The van der Waals surface area contributed by atoms with E-state index < -0.39 is 17.2 Å². The van der Waals surface area contributed by atoms with E-state index in [1.54, 1.807) is 13.0 Å². The molecule has 0 spiro atoms. The van der Waals surface area contributed by atoms with Gasteiger partial charge in [-0.3, -0.25) is 4.79 Å². The number of carboxylic acids is 1. The van der Waals surface area contributed by atoms with Crippen molar-refractivity contribution in [1.29, 1.82) is 0 Å². The zero-order chi connectivity index (χ0) is 13.3. The quantitative estimate of drug-likeness (QED) is 0.920. The molecule has 18 heavy (non-hydrogen) atoms. The Morgan fingerprint density at radius 1 is 1.67 bits per heavy atom. The van der Waals surface area contributed by atoms with Gasteiger partial charge in [-0.25, -0.2) is 4.39 Å². The van der Waals surface area contributed by atoms with E-state index in [1.165, 1.54) is 12.1 Å². The Bertz CT molecular complexity index is 477. The number of halogens is 2. The molecule has 1 N–H and O–H groups in total. The fraction of sp³-hybridized carbons (Fsp3) is 0.462. The number of carboxylic acid groups (broad SMARTS) is 1. The van der Waals surface area contributed by atoms with E-state index >= 15 is 0 Å². The second-order valence-corrected chi connectivity index (χ2v) is 5.06. The molecule has 2 atom stereocenters. The molecule has 3 nitrogen and oxygen atoms in total. The molecule has 1 aromatic carbocycles. The molecule has 0 aliphatic carbocycles. The first kappa shape index (κ1) is 13.3. The van der Waals surface area contributed by atoms with Crippen molar-refractivity contribution in [2.45, 2.75) is 25.9 Å². The van der Waals surface area contributed by atoms with Gasteiger partial charge in [0.2, 0.25) is 0 Å². The van der Waals surface area contributed by atoms with Crippen LogP contribution in [0.5, 0.6) is 0 Å². The Morgan fingerprint density at radius 3 is 2.89 bits per heavy atom. The van der Waals surface area contributed by atoms with Gasteiger partial charge in [0.05, 0.1) is 16.5 Å². The first-order valence-electron chi connectivity index (χ1n) is 5.74. The SMILES string of the molecule is CC1OCCC1(Cc1ccc(Cl)c(F)c1)C(=O)O. The van der Waals surface area contributed by atoms with Gasteiger partial charge in [0, 0.05) is 6.61 Å². The van der Waals surface area contributed by atoms with Gasteiger partial charge in [-0.1, -0.05) is 17.7 Å². The number of hydrogen-bond donors (Lipinski definition) is 1. The summed E-state index contributed by atoms with van der Waals surface area (Å²) in [4.78, 5) is 11.5. The lowest BCUT2D eigenvalue weighted by molar-refractivity contribution is -0.151. The van der Waals surface area contributed by atoms with Crippen LogP contribution in [0.2, 0.25) is 5.02 Å². The van der Waals surface area contributed by atoms with Crippen LogP contribution in [0.15, 0.2) is 18.2 Å². The van der Waals surface area contributed by atoms with Crippen LogP contribution >= 0.6 is 11.6 Å². The molecule has 0 saturated carbocycles. The summed E-state index contributed by atoms with van der Waals surface area (Å²) in [5.74, 6) is -1.43. The molecule has 1 saturated heterocycles. The Hall–Kier alpha value is -1.13. The van der Waals surface area contributed by atoms with Crippen molar-refractivity contribution in [2.75, 3.05) is 6.61 Å². The maximum atomic E-state index is 13.4. The molecule has 1 heterocycles. The summed E-state index contributed by atoms with van der Waals surface area (Å²) in [6.07, 6.45) is 0.305. The van der Waals surface area contributed by atoms with Crippen LogP contribution in [0.4, 0.5) is 4.39 Å². The zero-order valence-electron chi connectivity index (χ0n) is 9.95. The predicted molar refractivity (Wildman–Crippen MR) is 65.2 cm³/mol. The molecular formula is C13H14ClFO3. The molecule has 5 heteroatoms. The van der Waals surface area contributed by atoms with E-state index in [1.807, 2.05) is 0 Å². The third-order valence-electron chi connectivity index (χ3n) is 3.62. The minimum Gasteiger partial charge on any atom is -0.481 e. The highest BCUT2D eigenvalue weighted by molar-refractivity contribution is 6.30. The van der Waals surface area contributed by atoms with Crippen molar-refractivity contribution in [1.82, 2.24) is 0 Å². The van der Waals surface area contributed by atoms with E-state index in [-0.39, 0.29) is 17.5 Å². The van der Waals surface area contributed by atoms with Crippen LogP contribution in [-0.2, 0) is 16.0 Å². The van der Waals surface area contributed by atoms with Crippen molar-refractivity contribution in [3.63, 3.8) is 0 Å². The second-order valence-electron chi connectivity index (χ2n) is 4.65. The Labute approximate surface area is 110 Å². The van der Waals surface area contributed by atoms with Crippen molar-refractivity contribution in [3.8, 4) is 0 Å². The van der Waals surface area contributed by atoms with Crippen LogP contribution in [0.3, 0.4) is 0 Å². The van der Waals surface area contributed by atoms with Gasteiger partial charge < -0.3 is 9.84 Å². The standard InChI is InChI=1S/C13H14ClFO3/c1-8-13(12(16)17,4-5-18-8)7-9-2-3-10(14)11(15)6-9/h2-3,6,8H,4-5,7H2,1H3,(H,16,17). The number of rotatable bonds is 3. The average Bonchev–Trinajstić information content (AvgIpc) is 2.67. The monoisotopic (exact) mass is 272 g/mol. The highest BCUT2D eigenvalue weighted by Gasteiger charge is 2.48. The third-order valence-corrected chi connectivity index (χ3v) is 3.93. The first-order valence-corrected chi connectivity index (χ1v) is 6.12. The molecule has 1 aliphatic heterocycles. The van der Waals surface area contributed by atoms with E-state index in [9.17, 15) is 14.3 Å². The van der Waals surface area contributed by atoms with Gasteiger partial charge in [0.25, 0.3) is 0 Å². The van der Waals surface area contributed by atoms with Crippen LogP contribution in [0.25, 0.3) is 0 Å². The van der Waals surface area contributed by atoms with Crippen molar-refractivity contribution >= 4 is 17.6 Å². The lowest BCUT2D eigenvalue weighted by Gasteiger charge is -2.27. The Balaban J connectivity index is 2.29. The van der Waals surface area contributed by atoms with Gasteiger partial charge in [-0.2, -0.15) is 0 Å². The van der Waals surface area contributed by atoms with Crippen molar-refractivity contribution < 1.29 is 19.0 Å². The summed E-state index contributed by atoms with van der Waals surface area (Å²) in [6.45, 7) is 2.16. The van der Waals surface area contributed by atoms with Crippen LogP contribution < -0.4 is 0 Å². The molecule has 2 rings (SSSR count). The number of benzene rings is 1. The summed E-state index contributed by atoms with van der Waals surface area (Å²) in [7, 11) is 0. The van der Waals surface area contributed by atoms with Gasteiger partial charge in [-0.15, -0.1) is 0 Å². The normalized spacial score (nSPS) is 27.4. The highest BCUT2D eigenvalue weighted by Crippen LogP contribution is 2.38. The molecular weight excluding hydrogens is 259 g/mol. The van der Waals surface area contributed by atoms with Crippen molar-refractivity contribution in [3.05, 3.63) is 34.6 Å². The fourth-order valence-electron chi connectivity index (χ4n) is 2.38. The summed E-state index contributed by atoms with van der Waals surface area (Å²) < 4.78 is 18.7. The van der Waals surface area contributed by atoms with E-state index in [0.29, 0.717) is 18.6 Å². The summed E-state index contributed by atoms with van der Waals surface area (Å²) in [5, 5.41) is 9.46. The molecule has 98 valence electrons. The molecule has 0 amide bonds. The molecule has 1 fully saturated rings. The molecule has 2 unspecified atom stereocenters. The Kier molecular flexibility index (Phi) is 3.59.